The SMILES string of the molecule is Cc1cc2cc(CC(=O)NCCc3ccccc3F)ccc2[nH]1. The van der Waals surface area contributed by atoms with Gasteiger partial charge in [0, 0.05) is 17.8 Å². The van der Waals surface area contributed by atoms with Gasteiger partial charge in [0.2, 0.25) is 5.91 Å². The zero-order valence-corrected chi connectivity index (χ0v) is 13.0. The molecular weight excluding hydrogens is 291 g/mol. The molecule has 1 aromatic heterocycles. The van der Waals surface area contributed by atoms with Crippen molar-refractivity contribution in [1.29, 1.82) is 0 Å². The van der Waals surface area contributed by atoms with Crippen LogP contribution in [0, 0.1) is 12.7 Å². The predicted molar refractivity (Wildman–Crippen MR) is 89.9 cm³/mol. The summed E-state index contributed by atoms with van der Waals surface area (Å²) >= 11 is 0. The molecule has 3 nitrogen and oxygen atoms in total. The van der Waals surface area contributed by atoms with E-state index in [0.29, 0.717) is 24.9 Å². The zero-order valence-electron chi connectivity index (χ0n) is 13.0. The number of rotatable bonds is 5. The van der Waals surface area contributed by atoms with Gasteiger partial charge in [0.05, 0.1) is 6.42 Å². The van der Waals surface area contributed by atoms with Crippen molar-refractivity contribution in [2.24, 2.45) is 0 Å². The lowest BCUT2D eigenvalue weighted by atomic mass is 10.1. The van der Waals surface area contributed by atoms with E-state index in [1.807, 2.05) is 25.1 Å². The number of nitrogens with one attached hydrogen (secondary N) is 2. The topological polar surface area (TPSA) is 44.9 Å². The van der Waals surface area contributed by atoms with E-state index in [1.165, 1.54) is 6.07 Å². The van der Waals surface area contributed by atoms with Crippen molar-refractivity contribution in [2.45, 2.75) is 19.8 Å². The highest BCUT2D eigenvalue weighted by Gasteiger charge is 2.06. The molecule has 2 aromatic carbocycles. The van der Waals surface area contributed by atoms with Crippen LogP contribution < -0.4 is 5.32 Å². The summed E-state index contributed by atoms with van der Waals surface area (Å²) in [5.74, 6) is -0.275. The minimum Gasteiger partial charge on any atom is -0.359 e. The molecule has 1 heterocycles. The molecule has 0 aliphatic carbocycles. The van der Waals surface area contributed by atoms with Gasteiger partial charge in [-0.05, 0) is 54.1 Å². The van der Waals surface area contributed by atoms with Crippen LogP contribution in [0.15, 0.2) is 48.5 Å². The number of aromatic amines is 1. The summed E-state index contributed by atoms with van der Waals surface area (Å²) in [7, 11) is 0. The fraction of sp³-hybridized carbons (Fsp3) is 0.211. The zero-order chi connectivity index (χ0) is 16.2. The van der Waals surface area contributed by atoms with Crippen molar-refractivity contribution in [2.75, 3.05) is 6.54 Å². The minimum atomic E-state index is -0.227. The molecule has 0 atom stereocenters. The number of fused-ring (bicyclic) bond motifs is 1. The summed E-state index contributed by atoms with van der Waals surface area (Å²) in [6.45, 7) is 2.44. The third kappa shape index (κ3) is 3.77. The first-order chi connectivity index (χ1) is 11.1. The summed E-state index contributed by atoms with van der Waals surface area (Å²) in [6.07, 6.45) is 0.825. The largest absolute Gasteiger partial charge is 0.359 e. The lowest BCUT2D eigenvalue weighted by molar-refractivity contribution is -0.120. The standard InChI is InChI=1S/C19H19FN2O/c1-13-10-16-11-14(6-7-18(16)22-13)12-19(23)21-9-8-15-4-2-3-5-17(15)20/h2-7,10-11,22H,8-9,12H2,1H3,(H,21,23). The molecule has 0 radical (unpaired) electrons. The van der Waals surface area contributed by atoms with Crippen LogP contribution in [0.3, 0.4) is 0 Å². The van der Waals surface area contributed by atoms with Gasteiger partial charge in [-0.2, -0.15) is 0 Å². The lowest BCUT2D eigenvalue weighted by Gasteiger charge is -2.06. The lowest BCUT2D eigenvalue weighted by Crippen LogP contribution is -2.27. The molecule has 0 aliphatic heterocycles. The maximum Gasteiger partial charge on any atom is 0.224 e. The quantitative estimate of drug-likeness (QED) is 0.744. The molecule has 0 spiro atoms. The molecule has 118 valence electrons. The Morgan fingerprint density at radius 2 is 2.00 bits per heavy atom. The number of aromatic nitrogens is 1. The molecule has 0 aliphatic rings. The Balaban J connectivity index is 1.55. The maximum absolute atomic E-state index is 13.5. The summed E-state index contributed by atoms with van der Waals surface area (Å²) in [5, 5.41) is 3.96. The van der Waals surface area contributed by atoms with Crippen LogP contribution in [0.2, 0.25) is 0 Å². The summed E-state index contributed by atoms with van der Waals surface area (Å²) in [5.41, 5.74) is 3.77. The van der Waals surface area contributed by atoms with E-state index in [-0.39, 0.29) is 11.7 Å². The highest BCUT2D eigenvalue weighted by atomic mass is 19.1. The van der Waals surface area contributed by atoms with E-state index in [0.717, 1.165) is 22.2 Å². The molecule has 0 unspecified atom stereocenters. The van der Waals surface area contributed by atoms with E-state index >= 15 is 0 Å². The van der Waals surface area contributed by atoms with Gasteiger partial charge in [-0.1, -0.05) is 24.3 Å². The molecule has 0 saturated carbocycles. The Labute approximate surface area is 134 Å². The Kier molecular flexibility index (Phi) is 4.42. The molecule has 23 heavy (non-hydrogen) atoms. The summed E-state index contributed by atoms with van der Waals surface area (Å²) in [6, 6.07) is 14.7. The van der Waals surface area contributed by atoms with E-state index in [1.54, 1.807) is 18.2 Å². The van der Waals surface area contributed by atoms with Crippen molar-refractivity contribution in [3.05, 3.63) is 71.2 Å². The number of H-pyrrole nitrogens is 1. The third-order valence-corrected chi connectivity index (χ3v) is 3.86. The van der Waals surface area contributed by atoms with Crippen LogP contribution in [0.4, 0.5) is 4.39 Å². The van der Waals surface area contributed by atoms with Crippen molar-refractivity contribution in [3.8, 4) is 0 Å². The van der Waals surface area contributed by atoms with Crippen molar-refractivity contribution in [3.63, 3.8) is 0 Å². The van der Waals surface area contributed by atoms with Crippen molar-refractivity contribution in [1.82, 2.24) is 10.3 Å². The maximum atomic E-state index is 13.5. The average Bonchev–Trinajstić information content (AvgIpc) is 2.88. The van der Waals surface area contributed by atoms with Gasteiger partial charge in [-0.15, -0.1) is 0 Å². The number of hydrogen-bond donors (Lipinski definition) is 2. The number of hydrogen-bond acceptors (Lipinski definition) is 1. The second-order valence-corrected chi connectivity index (χ2v) is 5.74. The van der Waals surface area contributed by atoms with Gasteiger partial charge in [0.1, 0.15) is 5.82 Å². The van der Waals surface area contributed by atoms with Gasteiger partial charge >= 0.3 is 0 Å². The highest BCUT2D eigenvalue weighted by molar-refractivity contribution is 5.84. The minimum absolute atomic E-state index is 0.0482. The summed E-state index contributed by atoms with van der Waals surface area (Å²) in [4.78, 5) is 15.3. The summed E-state index contributed by atoms with van der Waals surface area (Å²) < 4.78 is 13.5. The molecule has 3 rings (SSSR count). The first kappa shape index (κ1) is 15.3. The van der Waals surface area contributed by atoms with Gasteiger partial charge in [0.25, 0.3) is 0 Å². The molecule has 0 saturated heterocycles. The van der Waals surface area contributed by atoms with Crippen LogP contribution in [0.1, 0.15) is 16.8 Å². The molecular formula is C19H19FN2O. The third-order valence-electron chi connectivity index (χ3n) is 3.86. The van der Waals surface area contributed by atoms with Gasteiger partial charge in [-0.25, -0.2) is 4.39 Å². The number of aryl methyl sites for hydroxylation is 1. The highest BCUT2D eigenvalue weighted by Crippen LogP contribution is 2.17. The predicted octanol–water partition coefficient (Wildman–Crippen LogP) is 3.52. The molecule has 2 N–H and O–H groups in total. The Morgan fingerprint density at radius 1 is 1.17 bits per heavy atom. The van der Waals surface area contributed by atoms with E-state index < -0.39 is 0 Å². The molecule has 0 fully saturated rings. The van der Waals surface area contributed by atoms with Gasteiger partial charge in [0.15, 0.2) is 0 Å². The smallest absolute Gasteiger partial charge is 0.224 e. The fourth-order valence-electron chi connectivity index (χ4n) is 2.72. The molecule has 1 amide bonds. The monoisotopic (exact) mass is 310 g/mol. The van der Waals surface area contributed by atoms with Crippen LogP contribution in [0.25, 0.3) is 10.9 Å². The Hall–Kier alpha value is -2.62. The fourth-order valence-corrected chi connectivity index (χ4v) is 2.72. The average molecular weight is 310 g/mol. The second kappa shape index (κ2) is 6.65. The number of benzene rings is 2. The Bertz CT molecular complexity index is 838. The van der Waals surface area contributed by atoms with Crippen LogP contribution in [0.5, 0.6) is 0 Å². The van der Waals surface area contributed by atoms with Crippen LogP contribution in [-0.2, 0) is 17.6 Å². The number of carbonyl (C=O) groups excluding carboxylic acids is 1. The van der Waals surface area contributed by atoms with E-state index in [4.69, 9.17) is 0 Å². The first-order valence-corrected chi connectivity index (χ1v) is 7.70. The van der Waals surface area contributed by atoms with E-state index in [9.17, 15) is 9.18 Å². The van der Waals surface area contributed by atoms with E-state index in [2.05, 4.69) is 16.4 Å². The number of halogens is 1. The van der Waals surface area contributed by atoms with Gasteiger partial charge < -0.3 is 10.3 Å². The normalized spacial score (nSPS) is 10.9. The van der Waals surface area contributed by atoms with Crippen molar-refractivity contribution < 1.29 is 9.18 Å². The van der Waals surface area contributed by atoms with Crippen LogP contribution in [-0.4, -0.2) is 17.4 Å². The van der Waals surface area contributed by atoms with Gasteiger partial charge in [-0.3, -0.25) is 4.79 Å². The Morgan fingerprint density at radius 3 is 2.83 bits per heavy atom. The van der Waals surface area contributed by atoms with Crippen LogP contribution >= 0.6 is 0 Å². The number of carbonyl (C=O) groups is 1. The molecule has 4 heteroatoms. The first-order valence-electron chi connectivity index (χ1n) is 7.70. The number of amides is 1. The molecule has 0 bridgehead atoms. The molecule has 3 aromatic rings. The van der Waals surface area contributed by atoms with Crippen molar-refractivity contribution >= 4 is 16.8 Å². The second-order valence-electron chi connectivity index (χ2n) is 5.74.